The standard InChI is InChI=1S/C37H62N7O17P3S/c1-4-5-6-7-8-9-10-11-12-13-14-15-16-17-28(46)65-21-20-39-27(45)18-19-40-35(49)32(48)37(2,3)23-58-64(55,56)61-63(53,54)57-22-26-31(60-62(50,51)52)30(47)36(59-26)44-25-43-29-33(38)41-24-42-34(29)44/h7-10,24-26,30-32,36,47-48H,4-6,11-23H2,1-3H3,(H,39,45)(H,40,49)(H,53,54)(H,55,56)(H2,38,41,42)(H2,50,51,52)/b8-7+,10-9+/t26-,30-,31-,32?,36-/m1/s1. The Morgan fingerprint density at radius 2 is 1.60 bits per heavy atom. The molecule has 1 fully saturated rings. The molecule has 7 atom stereocenters. The number of carbonyl (C=O) groups is 3. The van der Waals surface area contributed by atoms with E-state index in [1.165, 1.54) is 26.7 Å². The summed E-state index contributed by atoms with van der Waals surface area (Å²) in [4.78, 5) is 88.2. The average Bonchev–Trinajstić information content (AvgIpc) is 3.79. The van der Waals surface area contributed by atoms with Crippen molar-refractivity contribution in [2.24, 2.45) is 5.41 Å². The number of unbranched alkanes of at least 4 members (excludes halogenated alkanes) is 7. The molecule has 24 nitrogen and oxygen atoms in total. The highest BCUT2D eigenvalue weighted by Crippen LogP contribution is 2.61. The number of ether oxygens (including phenoxy) is 1. The van der Waals surface area contributed by atoms with Gasteiger partial charge >= 0.3 is 23.5 Å². The van der Waals surface area contributed by atoms with Gasteiger partial charge in [0.05, 0.1) is 19.5 Å². The number of imidazole rings is 1. The van der Waals surface area contributed by atoms with Crippen LogP contribution >= 0.6 is 35.2 Å². The number of hydrogen-bond acceptors (Lipinski definition) is 18. The molecule has 28 heteroatoms. The van der Waals surface area contributed by atoms with E-state index in [2.05, 4.69) is 65.6 Å². The number of hydrogen-bond donors (Lipinski definition) is 9. The number of nitrogens with two attached hydrogens (primary N) is 1. The van der Waals surface area contributed by atoms with E-state index in [4.69, 9.17) is 19.5 Å². The zero-order valence-electron chi connectivity index (χ0n) is 36.5. The number of allylic oxidation sites excluding steroid dienone is 4. The zero-order chi connectivity index (χ0) is 48.3. The third-order valence-corrected chi connectivity index (χ3v) is 13.7. The molecule has 1 aliphatic heterocycles. The largest absolute Gasteiger partial charge is 0.481 e. The number of aliphatic hydroxyl groups is 2. The molecule has 0 radical (unpaired) electrons. The first-order chi connectivity index (χ1) is 30.6. The number of nitrogens with one attached hydrogen (secondary N) is 2. The summed E-state index contributed by atoms with van der Waals surface area (Å²) in [5.41, 5.74) is 4.28. The number of nitrogen functional groups attached to an aromatic ring is 1. The number of carbonyl (C=O) groups excluding carboxylic acids is 3. The Labute approximate surface area is 381 Å². The molecule has 0 saturated carbocycles. The zero-order valence-corrected chi connectivity index (χ0v) is 40.0. The third-order valence-electron chi connectivity index (χ3n) is 9.62. The summed E-state index contributed by atoms with van der Waals surface area (Å²) in [6.07, 6.45) is 11.8. The highest BCUT2D eigenvalue weighted by molar-refractivity contribution is 8.13. The van der Waals surface area contributed by atoms with Crippen LogP contribution in [-0.4, -0.2) is 123 Å². The van der Waals surface area contributed by atoms with Crippen molar-refractivity contribution in [3.05, 3.63) is 37.0 Å². The van der Waals surface area contributed by atoms with Crippen molar-refractivity contribution >= 4 is 69.1 Å². The van der Waals surface area contributed by atoms with Crippen LogP contribution in [0, 0.1) is 5.41 Å². The van der Waals surface area contributed by atoms with Gasteiger partial charge in [-0.25, -0.2) is 28.6 Å². The number of amides is 2. The molecule has 2 aromatic heterocycles. The van der Waals surface area contributed by atoms with Gasteiger partial charge in [-0.1, -0.05) is 88.9 Å². The maximum absolute atomic E-state index is 12.7. The normalized spacial score (nSPS) is 20.6. The minimum absolute atomic E-state index is 0.0320. The summed E-state index contributed by atoms with van der Waals surface area (Å²) in [7, 11) is -16.4. The molecule has 3 unspecified atom stereocenters. The summed E-state index contributed by atoms with van der Waals surface area (Å²) in [5.74, 6) is -1.05. The van der Waals surface area contributed by atoms with Gasteiger partial charge in [0, 0.05) is 37.1 Å². The molecular formula is C37H62N7O17P3S. The van der Waals surface area contributed by atoms with Crippen LogP contribution in [0.5, 0.6) is 0 Å². The van der Waals surface area contributed by atoms with Crippen LogP contribution < -0.4 is 16.4 Å². The molecule has 1 aliphatic rings. The van der Waals surface area contributed by atoms with Crippen LogP contribution in [0.25, 0.3) is 11.2 Å². The van der Waals surface area contributed by atoms with E-state index in [-0.39, 0.29) is 41.6 Å². The molecular weight excluding hydrogens is 939 g/mol. The number of thioether (sulfide) groups is 1. The van der Waals surface area contributed by atoms with Crippen LogP contribution in [-0.2, 0) is 50.7 Å². The summed E-state index contributed by atoms with van der Waals surface area (Å²) < 4.78 is 62.4. The topological polar surface area (TPSA) is 364 Å². The monoisotopic (exact) mass is 1000 g/mol. The second kappa shape index (κ2) is 27.1. The maximum Gasteiger partial charge on any atom is 0.481 e. The van der Waals surface area contributed by atoms with Gasteiger partial charge in [0.25, 0.3) is 0 Å². The molecule has 0 bridgehead atoms. The van der Waals surface area contributed by atoms with E-state index >= 15 is 0 Å². The van der Waals surface area contributed by atoms with Crippen molar-refractivity contribution in [2.75, 3.05) is 37.8 Å². The first-order valence-electron chi connectivity index (χ1n) is 20.9. The van der Waals surface area contributed by atoms with E-state index in [0.29, 0.717) is 12.2 Å². The van der Waals surface area contributed by atoms with E-state index in [1.807, 2.05) is 0 Å². The predicted molar refractivity (Wildman–Crippen MR) is 237 cm³/mol. The van der Waals surface area contributed by atoms with Gasteiger partial charge < -0.3 is 50.9 Å². The fourth-order valence-electron chi connectivity index (χ4n) is 6.10. The lowest BCUT2D eigenvalue weighted by Gasteiger charge is -2.30. The van der Waals surface area contributed by atoms with Crippen LogP contribution in [0.15, 0.2) is 37.0 Å². The molecule has 3 rings (SSSR count). The number of rotatable bonds is 31. The minimum Gasteiger partial charge on any atom is -0.386 e. The summed E-state index contributed by atoms with van der Waals surface area (Å²) in [6.45, 7) is 2.72. The van der Waals surface area contributed by atoms with Gasteiger partial charge in [-0.05, 0) is 25.7 Å². The number of nitrogens with zero attached hydrogens (tertiary/aromatic N) is 4. The van der Waals surface area contributed by atoms with Crippen molar-refractivity contribution in [3.63, 3.8) is 0 Å². The lowest BCUT2D eigenvalue weighted by molar-refractivity contribution is -0.137. The number of aromatic nitrogens is 4. The average molecular weight is 1000 g/mol. The van der Waals surface area contributed by atoms with Crippen molar-refractivity contribution in [3.8, 4) is 0 Å². The Hall–Kier alpha value is -2.96. The van der Waals surface area contributed by atoms with Gasteiger partial charge in [-0.2, -0.15) is 4.31 Å². The van der Waals surface area contributed by atoms with Gasteiger partial charge in [0.1, 0.15) is 36.3 Å². The smallest absolute Gasteiger partial charge is 0.386 e. The van der Waals surface area contributed by atoms with Crippen molar-refractivity contribution in [2.45, 2.75) is 122 Å². The fraction of sp³-hybridized carbons (Fsp3) is 0.676. The van der Waals surface area contributed by atoms with E-state index < -0.39 is 84.6 Å². The van der Waals surface area contributed by atoms with Crippen molar-refractivity contribution in [1.82, 2.24) is 30.2 Å². The molecule has 3 heterocycles. The first-order valence-corrected chi connectivity index (χ1v) is 26.4. The predicted octanol–water partition coefficient (Wildman–Crippen LogP) is 3.70. The lowest BCUT2D eigenvalue weighted by Crippen LogP contribution is -2.46. The molecule has 2 amide bonds. The molecule has 368 valence electrons. The molecule has 65 heavy (non-hydrogen) atoms. The molecule has 10 N–H and O–H groups in total. The fourth-order valence-corrected chi connectivity index (χ4v) is 9.65. The first kappa shape index (κ1) is 56.4. The molecule has 1 saturated heterocycles. The molecule has 0 spiro atoms. The van der Waals surface area contributed by atoms with E-state index in [9.17, 15) is 57.9 Å². The number of anilines is 1. The quantitative estimate of drug-likeness (QED) is 0.0295. The molecule has 2 aromatic rings. The van der Waals surface area contributed by atoms with Crippen molar-refractivity contribution in [1.29, 1.82) is 0 Å². The number of phosphoric ester groups is 3. The number of aliphatic hydroxyl groups excluding tert-OH is 2. The Kier molecular flexibility index (Phi) is 23.5. The second-order valence-corrected chi connectivity index (χ2v) is 21.0. The van der Waals surface area contributed by atoms with Gasteiger partial charge in [0.2, 0.25) is 11.8 Å². The van der Waals surface area contributed by atoms with E-state index in [0.717, 1.165) is 73.9 Å². The number of fused-ring (bicyclic) bond motifs is 1. The van der Waals surface area contributed by atoms with Gasteiger partial charge in [0.15, 0.2) is 22.8 Å². The Bertz CT molecular complexity index is 2050. The van der Waals surface area contributed by atoms with E-state index in [1.54, 1.807) is 0 Å². The summed E-state index contributed by atoms with van der Waals surface area (Å²) in [5, 5.41) is 26.6. The third kappa shape index (κ3) is 20.4. The molecule has 0 aliphatic carbocycles. The van der Waals surface area contributed by atoms with Gasteiger partial charge in [-0.3, -0.25) is 32.5 Å². The van der Waals surface area contributed by atoms with Crippen LogP contribution in [0.4, 0.5) is 5.82 Å². The van der Waals surface area contributed by atoms with Crippen LogP contribution in [0.2, 0.25) is 0 Å². The molecule has 0 aromatic carbocycles. The Morgan fingerprint density at radius 3 is 2.29 bits per heavy atom. The Balaban J connectivity index is 1.34. The van der Waals surface area contributed by atoms with Crippen molar-refractivity contribution < 1.29 is 80.5 Å². The summed E-state index contributed by atoms with van der Waals surface area (Å²) >= 11 is 1.14. The maximum atomic E-state index is 12.7. The van der Waals surface area contributed by atoms with Crippen LogP contribution in [0.1, 0.15) is 97.6 Å². The second-order valence-electron chi connectivity index (χ2n) is 15.6. The highest BCUT2D eigenvalue weighted by atomic mass is 32.2. The highest BCUT2D eigenvalue weighted by Gasteiger charge is 2.50. The Morgan fingerprint density at radius 1 is 0.938 bits per heavy atom. The number of phosphoric acid groups is 3. The van der Waals surface area contributed by atoms with Crippen LogP contribution in [0.3, 0.4) is 0 Å². The lowest BCUT2D eigenvalue weighted by atomic mass is 9.87. The summed E-state index contributed by atoms with van der Waals surface area (Å²) in [6, 6.07) is 0. The minimum atomic E-state index is -5.58. The SMILES string of the molecule is CCCC/C=C/C=C/CCCCCCCC(=O)SCCNC(=O)CCNC(=O)C(O)C(C)(C)COP(=O)(O)OP(=O)(O)OC[C@H]1O[C@@H](n2cnc3c(N)ncnc32)[C@H](O)[C@@H]1OP(=O)(O)O. The van der Waals surface area contributed by atoms with Gasteiger partial charge in [-0.15, -0.1) is 0 Å².